The normalized spacial score (nSPS) is 10.6. The lowest BCUT2D eigenvalue weighted by atomic mass is 10.2. The van der Waals surface area contributed by atoms with E-state index in [9.17, 15) is 14.9 Å². The molecule has 3 rings (SSSR count). The first kappa shape index (κ1) is 14.3. The van der Waals surface area contributed by atoms with Crippen molar-refractivity contribution in [3.05, 3.63) is 73.5 Å². The number of nitrogens with one attached hydrogen (secondary N) is 1. The molecule has 0 radical (unpaired) electrons. The van der Waals surface area contributed by atoms with Crippen molar-refractivity contribution in [2.75, 3.05) is 0 Å². The Morgan fingerprint density at radius 3 is 2.59 bits per heavy atom. The third-order valence-electron chi connectivity index (χ3n) is 3.07. The summed E-state index contributed by atoms with van der Waals surface area (Å²) in [6, 6.07) is 13.0. The summed E-state index contributed by atoms with van der Waals surface area (Å²) in [5, 5.41) is 11.5. The average Bonchev–Trinajstić information content (AvgIpc) is 2.48. The summed E-state index contributed by atoms with van der Waals surface area (Å²) in [4.78, 5) is 24.8. The highest BCUT2D eigenvalue weighted by Crippen LogP contribution is 2.34. The van der Waals surface area contributed by atoms with Crippen molar-refractivity contribution in [2.24, 2.45) is 0 Å². The van der Waals surface area contributed by atoms with Gasteiger partial charge in [-0.15, -0.1) is 0 Å². The van der Waals surface area contributed by atoms with Crippen molar-refractivity contribution >= 4 is 32.5 Å². The van der Waals surface area contributed by atoms with E-state index in [0.29, 0.717) is 15.6 Å². The van der Waals surface area contributed by atoms with Crippen molar-refractivity contribution in [3.8, 4) is 11.5 Å². The Balaban J connectivity index is 2.22. The predicted molar refractivity (Wildman–Crippen MR) is 85.4 cm³/mol. The number of rotatable bonds is 3. The molecule has 0 saturated heterocycles. The van der Waals surface area contributed by atoms with Gasteiger partial charge in [0.25, 0.3) is 11.2 Å². The molecule has 0 spiro atoms. The first-order chi connectivity index (χ1) is 10.6. The summed E-state index contributed by atoms with van der Waals surface area (Å²) in [7, 11) is 0. The predicted octanol–water partition coefficient (Wildman–Crippen LogP) is 3.99. The number of hydrogen-bond acceptors (Lipinski definition) is 4. The number of non-ortho nitro benzene ring substituents is 1. The van der Waals surface area contributed by atoms with E-state index in [-0.39, 0.29) is 17.0 Å². The Morgan fingerprint density at radius 2 is 1.86 bits per heavy atom. The number of aromatic amines is 1. The summed E-state index contributed by atoms with van der Waals surface area (Å²) in [5.41, 5.74) is -0.502. The number of ether oxygens (including phenoxy) is 1. The van der Waals surface area contributed by atoms with Crippen LogP contribution in [0.15, 0.2) is 57.8 Å². The maximum absolute atomic E-state index is 11.8. The van der Waals surface area contributed by atoms with Gasteiger partial charge in [0.05, 0.1) is 9.40 Å². The number of H-pyrrole nitrogens is 1. The Labute approximate surface area is 132 Å². The van der Waals surface area contributed by atoms with Crippen LogP contribution < -0.4 is 10.3 Å². The molecule has 22 heavy (non-hydrogen) atoms. The van der Waals surface area contributed by atoms with Gasteiger partial charge in [-0.25, -0.2) is 0 Å². The monoisotopic (exact) mass is 360 g/mol. The third-order valence-corrected chi connectivity index (χ3v) is 3.73. The summed E-state index contributed by atoms with van der Waals surface area (Å²) in [5.74, 6) is 0.773. The van der Waals surface area contributed by atoms with Crippen LogP contribution in [0.3, 0.4) is 0 Å². The number of fused-ring (bicyclic) bond motifs is 1. The van der Waals surface area contributed by atoms with Crippen LogP contribution in [0.2, 0.25) is 0 Å². The van der Waals surface area contributed by atoms with Gasteiger partial charge in [-0.05, 0) is 34.1 Å². The summed E-state index contributed by atoms with van der Waals surface area (Å²) >= 11 is 3.35. The quantitative estimate of drug-likeness (QED) is 0.565. The van der Waals surface area contributed by atoms with Crippen molar-refractivity contribution in [2.45, 2.75) is 0 Å². The Hall–Kier alpha value is -2.67. The number of nitro groups is 1. The van der Waals surface area contributed by atoms with Crippen LogP contribution in [0.25, 0.3) is 10.9 Å². The topological polar surface area (TPSA) is 85.2 Å². The maximum atomic E-state index is 11.8. The Morgan fingerprint density at radius 1 is 1.09 bits per heavy atom. The fourth-order valence-corrected chi connectivity index (χ4v) is 2.48. The molecule has 6 nitrogen and oxygen atoms in total. The second kappa shape index (κ2) is 5.61. The Kier molecular flexibility index (Phi) is 3.64. The molecule has 2 aromatic carbocycles. The molecule has 1 aromatic heterocycles. The maximum Gasteiger partial charge on any atom is 0.293 e. The molecule has 0 atom stereocenters. The first-order valence-electron chi connectivity index (χ1n) is 6.29. The number of nitrogens with zero attached hydrogens (tertiary/aromatic N) is 1. The van der Waals surface area contributed by atoms with Crippen molar-refractivity contribution < 1.29 is 9.66 Å². The van der Waals surface area contributed by atoms with Crippen LogP contribution in [-0.4, -0.2) is 9.91 Å². The zero-order chi connectivity index (χ0) is 15.7. The molecule has 1 heterocycles. The largest absolute Gasteiger partial charge is 0.455 e. The minimum absolute atomic E-state index is 0.141. The van der Waals surface area contributed by atoms with Crippen molar-refractivity contribution in [3.63, 3.8) is 0 Å². The molecule has 0 amide bonds. The number of halogens is 1. The van der Waals surface area contributed by atoms with Gasteiger partial charge in [-0.3, -0.25) is 14.9 Å². The van der Waals surface area contributed by atoms with Crippen LogP contribution in [0.4, 0.5) is 5.69 Å². The first-order valence-corrected chi connectivity index (χ1v) is 7.08. The van der Waals surface area contributed by atoms with Gasteiger partial charge in [0.2, 0.25) is 0 Å². The van der Waals surface area contributed by atoms with E-state index >= 15 is 0 Å². The van der Waals surface area contributed by atoms with E-state index in [1.807, 2.05) is 6.07 Å². The van der Waals surface area contributed by atoms with Gasteiger partial charge in [0.15, 0.2) is 0 Å². The number of hydrogen-bond donors (Lipinski definition) is 1. The van der Waals surface area contributed by atoms with Gasteiger partial charge in [-0.1, -0.05) is 18.2 Å². The number of benzene rings is 2. The van der Waals surface area contributed by atoms with Gasteiger partial charge in [0.1, 0.15) is 17.0 Å². The highest BCUT2D eigenvalue weighted by Gasteiger charge is 2.16. The van der Waals surface area contributed by atoms with Crippen molar-refractivity contribution in [1.29, 1.82) is 0 Å². The number of aromatic nitrogens is 1. The van der Waals surface area contributed by atoms with E-state index in [2.05, 4.69) is 20.9 Å². The molecule has 0 bridgehead atoms. The zero-order valence-electron chi connectivity index (χ0n) is 11.1. The highest BCUT2D eigenvalue weighted by molar-refractivity contribution is 9.10. The highest BCUT2D eigenvalue weighted by atomic mass is 79.9. The van der Waals surface area contributed by atoms with Crippen LogP contribution in [0.1, 0.15) is 0 Å². The summed E-state index contributed by atoms with van der Waals surface area (Å²) < 4.78 is 6.47. The molecule has 0 aliphatic carbocycles. The Bertz CT molecular complexity index is 936. The molecular weight excluding hydrogens is 352 g/mol. The number of pyridine rings is 1. The zero-order valence-corrected chi connectivity index (χ0v) is 12.7. The molecular formula is C15H9BrN2O4. The summed E-state index contributed by atoms with van der Waals surface area (Å²) in [6.45, 7) is 0. The molecule has 0 unspecified atom stereocenters. The number of nitro benzene ring substituents is 1. The SMILES string of the molecule is O=c1cc(Oc2ccccc2Br)c2cccc([N+](=O)[O-])c2[nH]1. The lowest BCUT2D eigenvalue weighted by Crippen LogP contribution is -2.06. The summed E-state index contributed by atoms with van der Waals surface area (Å²) in [6.07, 6.45) is 0. The fourth-order valence-electron chi connectivity index (χ4n) is 2.12. The van der Waals surface area contributed by atoms with Crippen LogP contribution in [-0.2, 0) is 0 Å². The van der Waals surface area contributed by atoms with Crippen LogP contribution >= 0.6 is 15.9 Å². The average molecular weight is 361 g/mol. The standard InChI is InChI=1S/C15H9BrN2O4/c16-10-5-1-2-7-12(10)22-13-8-14(19)17-15-9(13)4-3-6-11(15)18(20)21/h1-8H,(H,17,19). The lowest BCUT2D eigenvalue weighted by Gasteiger charge is -2.10. The smallest absolute Gasteiger partial charge is 0.293 e. The van der Waals surface area contributed by atoms with E-state index < -0.39 is 10.5 Å². The molecule has 3 aromatic rings. The molecule has 0 fully saturated rings. The molecule has 0 aliphatic rings. The molecule has 1 N–H and O–H groups in total. The van der Waals surface area contributed by atoms with Gasteiger partial charge in [-0.2, -0.15) is 0 Å². The van der Waals surface area contributed by atoms with Gasteiger partial charge in [0, 0.05) is 17.5 Å². The number of para-hydroxylation sites is 2. The van der Waals surface area contributed by atoms with E-state index in [4.69, 9.17) is 4.74 Å². The van der Waals surface area contributed by atoms with E-state index in [1.165, 1.54) is 12.1 Å². The van der Waals surface area contributed by atoms with Crippen LogP contribution in [0.5, 0.6) is 11.5 Å². The second-order valence-corrected chi connectivity index (χ2v) is 5.34. The van der Waals surface area contributed by atoms with E-state index in [0.717, 1.165) is 0 Å². The molecule has 0 aliphatic heterocycles. The van der Waals surface area contributed by atoms with E-state index in [1.54, 1.807) is 30.3 Å². The molecule has 7 heteroatoms. The van der Waals surface area contributed by atoms with Crippen LogP contribution in [0, 0.1) is 10.1 Å². The third kappa shape index (κ3) is 2.58. The molecule has 0 saturated carbocycles. The lowest BCUT2D eigenvalue weighted by molar-refractivity contribution is -0.383. The van der Waals surface area contributed by atoms with Gasteiger partial charge < -0.3 is 9.72 Å². The van der Waals surface area contributed by atoms with Crippen molar-refractivity contribution in [1.82, 2.24) is 4.98 Å². The minimum Gasteiger partial charge on any atom is -0.455 e. The fraction of sp³-hybridized carbons (Fsp3) is 0. The minimum atomic E-state index is -0.541. The van der Waals surface area contributed by atoms with Gasteiger partial charge >= 0.3 is 0 Å². The molecule has 110 valence electrons. The second-order valence-electron chi connectivity index (χ2n) is 4.49.